The van der Waals surface area contributed by atoms with E-state index in [0.29, 0.717) is 0 Å². The van der Waals surface area contributed by atoms with Crippen molar-refractivity contribution in [3.05, 3.63) is 302 Å². The molecule has 0 aliphatic heterocycles. The van der Waals surface area contributed by atoms with Crippen molar-refractivity contribution in [2.75, 3.05) is 0 Å². The summed E-state index contributed by atoms with van der Waals surface area (Å²) in [7, 11) is -3.33. The molecule has 0 atom stereocenters. The lowest BCUT2D eigenvalue weighted by Gasteiger charge is -2.34. The molecular formula is C63H57ClSi. The van der Waals surface area contributed by atoms with Crippen LogP contribution in [-0.2, 0) is 38.5 Å². The molecule has 0 amide bonds. The Morgan fingerprint density at radius 2 is 0.431 bits per heavy atom. The molecule has 0 radical (unpaired) electrons. The van der Waals surface area contributed by atoms with Gasteiger partial charge in [0.25, 0.3) is 0 Å². The van der Waals surface area contributed by atoms with Gasteiger partial charge >= 0.3 is 0 Å². The smallest absolute Gasteiger partial charge is 0.149 e. The third kappa shape index (κ3) is 10.2. The Balaban J connectivity index is 1.30. The van der Waals surface area contributed by atoms with Crippen molar-refractivity contribution in [2.45, 2.75) is 59.3 Å². The Bertz CT molecular complexity index is 2650. The van der Waals surface area contributed by atoms with Gasteiger partial charge in [-0.1, -0.05) is 218 Å². The molecule has 2 heteroatoms. The van der Waals surface area contributed by atoms with Crippen molar-refractivity contribution >= 4 is 34.0 Å². The monoisotopic (exact) mass is 876 g/mol. The molecule has 0 aliphatic rings. The first-order chi connectivity index (χ1) is 31.8. The van der Waals surface area contributed by atoms with Crippen LogP contribution in [0.15, 0.2) is 218 Å². The van der Waals surface area contributed by atoms with Gasteiger partial charge in [0.1, 0.15) is 0 Å². The molecule has 9 aromatic rings. The number of benzene rings is 9. The molecule has 9 aromatic carbocycles. The minimum absolute atomic E-state index is 0.833. The fraction of sp³-hybridized carbons (Fsp3) is 0.143. The van der Waals surface area contributed by atoms with Gasteiger partial charge < -0.3 is 0 Å². The molecule has 0 fully saturated rings. The summed E-state index contributed by atoms with van der Waals surface area (Å²) in [6.45, 7) is 6.94. The van der Waals surface area contributed by atoms with Crippen LogP contribution < -0.4 is 15.6 Å². The summed E-state index contributed by atoms with van der Waals surface area (Å²) in [5, 5.41) is 3.82. The van der Waals surface area contributed by atoms with Gasteiger partial charge in [-0.15, -0.1) is 11.1 Å². The van der Waals surface area contributed by atoms with Crippen molar-refractivity contribution in [2.24, 2.45) is 0 Å². The molecule has 0 aromatic heterocycles. The molecule has 65 heavy (non-hydrogen) atoms. The fourth-order valence-electron chi connectivity index (χ4n) is 9.87. The van der Waals surface area contributed by atoms with Crippen LogP contribution in [0.5, 0.6) is 0 Å². The third-order valence-electron chi connectivity index (χ3n) is 13.2. The number of hydrogen-bond acceptors (Lipinski definition) is 0. The second kappa shape index (κ2) is 20.1. The van der Waals surface area contributed by atoms with Crippen LogP contribution >= 0.6 is 11.1 Å². The summed E-state index contributed by atoms with van der Waals surface area (Å²) in [6.07, 6.45) is 5.10. The molecule has 0 aliphatic carbocycles. The third-order valence-corrected chi connectivity index (χ3v) is 18.9. The van der Waals surface area contributed by atoms with Gasteiger partial charge in [-0.05, 0) is 158 Å². The summed E-state index contributed by atoms with van der Waals surface area (Å²) < 4.78 is 0. The zero-order valence-corrected chi connectivity index (χ0v) is 39.7. The molecule has 0 spiro atoms. The van der Waals surface area contributed by atoms with E-state index in [-0.39, 0.29) is 0 Å². The van der Waals surface area contributed by atoms with E-state index in [9.17, 15) is 0 Å². The Morgan fingerprint density at radius 3 is 0.615 bits per heavy atom. The van der Waals surface area contributed by atoms with Gasteiger partial charge in [-0.25, -0.2) is 0 Å². The van der Waals surface area contributed by atoms with Crippen LogP contribution in [-0.4, -0.2) is 7.38 Å². The molecule has 320 valence electrons. The maximum atomic E-state index is 9.03. The zero-order chi connectivity index (χ0) is 44.6. The first-order valence-electron chi connectivity index (χ1n) is 23.1. The summed E-state index contributed by atoms with van der Waals surface area (Å²) in [5.41, 5.74) is 19.7. The summed E-state index contributed by atoms with van der Waals surface area (Å²) in [5.74, 6) is 0. The fourth-order valence-corrected chi connectivity index (χ4v) is 15.5. The van der Waals surface area contributed by atoms with Crippen molar-refractivity contribution in [1.82, 2.24) is 0 Å². The van der Waals surface area contributed by atoms with E-state index in [1.165, 1.54) is 99.0 Å². The summed E-state index contributed by atoms with van der Waals surface area (Å²) >= 11 is 9.03. The van der Waals surface area contributed by atoms with E-state index in [0.717, 1.165) is 38.5 Å². The van der Waals surface area contributed by atoms with Gasteiger partial charge in [-0.2, -0.15) is 0 Å². The van der Waals surface area contributed by atoms with Gasteiger partial charge in [-0.3, -0.25) is 0 Å². The van der Waals surface area contributed by atoms with Crippen LogP contribution in [0.4, 0.5) is 0 Å². The highest BCUT2D eigenvalue weighted by Crippen LogP contribution is 2.29. The van der Waals surface area contributed by atoms with Crippen molar-refractivity contribution in [3.63, 3.8) is 0 Å². The molecule has 0 saturated carbocycles. The van der Waals surface area contributed by atoms with E-state index in [1.807, 2.05) is 0 Å². The molecule has 0 heterocycles. The zero-order valence-electron chi connectivity index (χ0n) is 37.9. The van der Waals surface area contributed by atoms with Gasteiger partial charge in [0.15, 0.2) is 0 Å². The maximum Gasteiger partial charge on any atom is 0.248 e. The number of halogens is 1. The average molecular weight is 878 g/mol. The average Bonchev–Trinajstić information content (AvgIpc) is 3.33. The van der Waals surface area contributed by atoms with E-state index in [2.05, 4.69) is 239 Å². The molecule has 0 bridgehead atoms. The highest BCUT2D eigenvalue weighted by molar-refractivity contribution is 7.40. The molecule has 0 unspecified atom stereocenters. The highest BCUT2D eigenvalue weighted by atomic mass is 35.6. The maximum absolute atomic E-state index is 9.03. The minimum atomic E-state index is -3.33. The lowest BCUT2D eigenvalue weighted by Crippen LogP contribution is -2.65. The first kappa shape index (κ1) is 43.7. The van der Waals surface area contributed by atoms with E-state index in [4.69, 9.17) is 11.1 Å². The highest BCUT2D eigenvalue weighted by Gasteiger charge is 2.43. The van der Waals surface area contributed by atoms with Crippen molar-refractivity contribution < 1.29 is 0 Å². The summed E-state index contributed by atoms with van der Waals surface area (Å²) in [6, 6.07) is 80.6. The van der Waals surface area contributed by atoms with Crippen molar-refractivity contribution in [3.8, 4) is 0 Å². The van der Waals surface area contributed by atoms with Crippen LogP contribution in [0.1, 0.15) is 83.5 Å². The summed E-state index contributed by atoms with van der Waals surface area (Å²) in [4.78, 5) is 0. The van der Waals surface area contributed by atoms with E-state index in [1.54, 1.807) is 0 Å². The molecule has 0 saturated heterocycles. The Hall–Kier alpha value is -6.51. The minimum Gasteiger partial charge on any atom is -0.149 e. The normalized spacial score (nSPS) is 11.4. The van der Waals surface area contributed by atoms with Gasteiger partial charge in [0.2, 0.25) is 7.38 Å². The van der Waals surface area contributed by atoms with Gasteiger partial charge in [0.05, 0.1) is 0 Å². The standard InChI is InChI=1S/C63H57ClSi/c1-46-34-55(37-49-22-10-4-11-23-49)58(40-52-28-16-7-17-29-52)43-61(46)65(64,62-44-59(41-53-30-18-8-19-31-53)56(35-47(62)2)38-50-24-12-5-13-25-50)63-45-60(42-54-32-20-9-21-33-54)57(36-48(63)3)39-51-26-14-6-15-27-51/h4-36,43-45H,37-42H2,1-3H3. The number of rotatable bonds is 15. The second-order valence-electron chi connectivity index (χ2n) is 17.9. The topological polar surface area (TPSA) is 0 Å². The van der Waals surface area contributed by atoms with Crippen LogP contribution in [0.25, 0.3) is 0 Å². The Morgan fingerprint density at radius 1 is 0.262 bits per heavy atom. The quantitative estimate of drug-likeness (QED) is 0.0547. The van der Waals surface area contributed by atoms with E-state index >= 15 is 0 Å². The largest absolute Gasteiger partial charge is 0.248 e. The molecule has 0 nitrogen and oxygen atoms in total. The lowest BCUT2D eigenvalue weighted by molar-refractivity contribution is 1.08. The number of hydrogen-bond donors (Lipinski definition) is 0. The number of aryl methyl sites for hydroxylation is 3. The Kier molecular flexibility index (Phi) is 13.5. The molecule has 9 rings (SSSR count). The molecular weight excluding hydrogens is 820 g/mol. The Labute approximate surface area is 393 Å². The molecule has 0 N–H and O–H groups in total. The van der Waals surface area contributed by atoms with Crippen molar-refractivity contribution in [1.29, 1.82) is 0 Å². The van der Waals surface area contributed by atoms with Gasteiger partial charge in [0, 0.05) is 0 Å². The predicted molar refractivity (Wildman–Crippen MR) is 280 cm³/mol. The SMILES string of the molecule is Cc1cc(Cc2ccccc2)c(Cc2ccccc2)cc1[Si](Cl)(c1cc(Cc2ccccc2)c(Cc2ccccc2)cc1C)c1cc(Cc2ccccc2)c(Cc2ccccc2)cc1C. The second-order valence-corrected chi connectivity index (χ2v) is 22.6. The lowest BCUT2D eigenvalue weighted by atomic mass is 9.93. The van der Waals surface area contributed by atoms with Crippen LogP contribution in [0, 0.1) is 20.8 Å². The van der Waals surface area contributed by atoms with E-state index < -0.39 is 7.38 Å². The predicted octanol–water partition coefficient (Wildman–Crippen LogP) is 13.4. The van der Waals surface area contributed by atoms with Crippen LogP contribution in [0.2, 0.25) is 0 Å². The van der Waals surface area contributed by atoms with Crippen LogP contribution in [0.3, 0.4) is 0 Å². The first-order valence-corrected chi connectivity index (χ1v) is 26.1.